The fraction of sp³-hybridized carbons (Fsp3) is 0.812. The summed E-state index contributed by atoms with van der Waals surface area (Å²) in [6.07, 6.45) is 3.50. The highest BCUT2D eigenvalue weighted by molar-refractivity contribution is 7.09. The number of likely N-dealkylation sites (N-methyl/N-ethyl adjacent to an activating group) is 1. The standard InChI is InChI=1S/C16H29N7S/c1-4-14-19-16(24-20-14)23-10-8-22(9-11-23)15(17-2)18-12-13-6-5-7-21(13)3/h13H,4-12H2,1-3H3,(H,17,18). The first-order chi connectivity index (χ1) is 11.7. The molecule has 2 aliphatic heterocycles. The lowest BCUT2D eigenvalue weighted by molar-refractivity contribution is 0.303. The van der Waals surface area contributed by atoms with Gasteiger partial charge >= 0.3 is 0 Å². The summed E-state index contributed by atoms with van der Waals surface area (Å²) in [6, 6.07) is 0.636. The van der Waals surface area contributed by atoms with Gasteiger partial charge in [-0.25, -0.2) is 4.98 Å². The maximum atomic E-state index is 4.60. The van der Waals surface area contributed by atoms with Gasteiger partial charge in [0.15, 0.2) is 5.96 Å². The van der Waals surface area contributed by atoms with Gasteiger partial charge in [0.2, 0.25) is 5.13 Å². The normalized spacial score (nSPS) is 23.1. The third kappa shape index (κ3) is 3.97. The van der Waals surface area contributed by atoms with E-state index in [0.29, 0.717) is 6.04 Å². The summed E-state index contributed by atoms with van der Waals surface area (Å²) in [4.78, 5) is 16.2. The molecule has 134 valence electrons. The highest BCUT2D eigenvalue weighted by Gasteiger charge is 2.24. The van der Waals surface area contributed by atoms with Gasteiger partial charge in [0.05, 0.1) is 0 Å². The first-order valence-electron chi connectivity index (χ1n) is 8.94. The first-order valence-corrected chi connectivity index (χ1v) is 9.72. The summed E-state index contributed by atoms with van der Waals surface area (Å²) in [5.74, 6) is 1.98. The third-order valence-corrected chi connectivity index (χ3v) is 5.82. The van der Waals surface area contributed by atoms with Gasteiger partial charge in [0.1, 0.15) is 5.82 Å². The molecule has 0 bridgehead atoms. The van der Waals surface area contributed by atoms with Crippen molar-refractivity contribution >= 4 is 22.6 Å². The Labute approximate surface area is 148 Å². The van der Waals surface area contributed by atoms with E-state index in [0.717, 1.165) is 56.1 Å². The van der Waals surface area contributed by atoms with Gasteiger partial charge in [-0.2, -0.15) is 4.37 Å². The molecule has 1 aromatic heterocycles. The fourth-order valence-electron chi connectivity index (χ4n) is 3.40. The Morgan fingerprint density at radius 3 is 2.67 bits per heavy atom. The van der Waals surface area contributed by atoms with Crippen molar-refractivity contribution in [3.63, 3.8) is 0 Å². The van der Waals surface area contributed by atoms with E-state index in [1.807, 2.05) is 7.05 Å². The van der Waals surface area contributed by atoms with Crippen LogP contribution in [-0.4, -0.2) is 84.5 Å². The predicted octanol–water partition coefficient (Wildman–Crippen LogP) is 0.892. The summed E-state index contributed by atoms with van der Waals surface area (Å²) in [6.45, 7) is 8.19. The molecule has 2 aliphatic rings. The lowest BCUT2D eigenvalue weighted by atomic mass is 10.2. The molecule has 0 radical (unpaired) electrons. The van der Waals surface area contributed by atoms with Crippen LogP contribution >= 0.6 is 11.5 Å². The van der Waals surface area contributed by atoms with Crippen molar-refractivity contribution in [3.8, 4) is 0 Å². The minimum Gasteiger partial charge on any atom is -0.355 e. The number of hydrogen-bond acceptors (Lipinski definition) is 6. The number of likely N-dealkylation sites (tertiary alicyclic amines) is 1. The summed E-state index contributed by atoms with van der Waals surface area (Å²) >= 11 is 1.52. The molecule has 24 heavy (non-hydrogen) atoms. The number of nitrogens with one attached hydrogen (secondary N) is 1. The van der Waals surface area contributed by atoms with Gasteiger partial charge in [-0.3, -0.25) is 4.99 Å². The van der Waals surface area contributed by atoms with E-state index in [9.17, 15) is 0 Å². The number of hydrogen-bond donors (Lipinski definition) is 1. The molecule has 2 saturated heterocycles. The van der Waals surface area contributed by atoms with E-state index < -0.39 is 0 Å². The molecule has 8 heteroatoms. The van der Waals surface area contributed by atoms with Crippen molar-refractivity contribution in [1.82, 2.24) is 24.5 Å². The molecular weight excluding hydrogens is 322 g/mol. The Bertz CT molecular complexity index is 550. The second kappa shape index (κ2) is 8.11. The molecular formula is C16H29N7S. The van der Waals surface area contributed by atoms with Gasteiger partial charge in [-0.15, -0.1) is 0 Å². The minimum absolute atomic E-state index is 0.636. The molecule has 1 unspecified atom stereocenters. The molecule has 0 aromatic carbocycles. The molecule has 0 amide bonds. The average Bonchev–Trinajstić information content (AvgIpc) is 3.25. The largest absolute Gasteiger partial charge is 0.355 e. The number of anilines is 1. The van der Waals surface area contributed by atoms with Crippen LogP contribution in [0.1, 0.15) is 25.6 Å². The maximum absolute atomic E-state index is 4.60. The third-order valence-electron chi connectivity index (χ3n) is 5.00. The van der Waals surface area contributed by atoms with E-state index in [4.69, 9.17) is 0 Å². The predicted molar refractivity (Wildman–Crippen MR) is 100 cm³/mol. The number of guanidine groups is 1. The number of nitrogens with zero attached hydrogens (tertiary/aromatic N) is 6. The monoisotopic (exact) mass is 351 g/mol. The molecule has 1 N–H and O–H groups in total. The van der Waals surface area contributed by atoms with Crippen LogP contribution in [0.5, 0.6) is 0 Å². The van der Waals surface area contributed by atoms with Crippen LogP contribution in [0.25, 0.3) is 0 Å². The molecule has 1 aromatic rings. The maximum Gasteiger partial charge on any atom is 0.205 e. The van der Waals surface area contributed by atoms with E-state index >= 15 is 0 Å². The highest BCUT2D eigenvalue weighted by atomic mass is 32.1. The Balaban J connectivity index is 1.49. The van der Waals surface area contributed by atoms with Crippen molar-refractivity contribution in [3.05, 3.63) is 5.82 Å². The highest BCUT2D eigenvalue weighted by Crippen LogP contribution is 2.19. The van der Waals surface area contributed by atoms with E-state index in [-0.39, 0.29) is 0 Å². The average molecular weight is 352 g/mol. The minimum atomic E-state index is 0.636. The molecule has 3 rings (SSSR count). The summed E-state index contributed by atoms with van der Waals surface area (Å²) < 4.78 is 4.40. The lowest BCUT2D eigenvalue weighted by Gasteiger charge is -2.36. The van der Waals surface area contributed by atoms with Crippen LogP contribution in [0, 0.1) is 0 Å². The first kappa shape index (κ1) is 17.4. The van der Waals surface area contributed by atoms with Crippen molar-refractivity contribution in [1.29, 1.82) is 0 Å². The van der Waals surface area contributed by atoms with Gasteiger partial charge in [0, 0.05) is 63.8 Å². The van der Waals surface area contributed by atoms with Gasteiger partial charge < -0.3 is 20.0 Å². The van der Waals surface area contributed by atoms with Crippen LogP contribution in [0.3, 0.4) is 0 Å². The molecule has 0 aliphatic carbocycles. The number of aromatic nitrogens is 2. The topological polar surface area (TPSA) is 59.9 Å². The van der Waals surface area contributed by atoms with Gasteiger partial charge in [0.25, 0.3) is 0 Å². The zero-order valence-corrected chi connectivity index (χ0v) is 15.8. The van der Waals surface area contributed by atoms with Crippen molar-refractivity contribution < 1.29 is 0 Å². The Kier molecular flexibility index (Phi) is 5.89. The lowest BCUT2D eigenvalue weighted by Crippen LogP contribution is -2.54. The van der Waals surface area contributed by atoms with Crippen LogP contribution in [0.15, 0.2) is 4.99 Å². The van der Waals surface area contributed by atoms with E-state index in [1.165, 1.54) is 30.9 Å². The van der Waals surface area contributed by atoms with Gasteiger partial charge in [-0.05, 0) is 26.4 Å². The molecule has 3 heterocycles. The molecule has 7 nitrogen and oxygen atoms in total. The van der Waals surface area contributed by atoms with Crippen molar-refractivity contribution in [2.24, 2.45) is 4.99 Å². The molecule has 0 saturated carbocycles. The Morgan fingerprint density at radius 1 is 1.29 bits per heavy atom. The van der Waals surface area contributed by atoms with Crippen LogP contribution in [0.2, 0.25) is 0 Å². The molecule has 0 spiro atoms. The summed E-state index contributed by atoms with van der Waals surface area (Å²) in [5.41, 5.74) is 0. The van der Waals surface area contributed by atoms with E-state index in [2.05, 4.69) is 48.3 Å². The van der Waals surface area contributed by atoms with Crippen LogP contribution in [0.4, 0.5) is 5.13 Å². The van der Waals surface area contributed by atoms with E-state index in [1.54, 1.807) is 0 Å². The number of aryl methyl sites for hydroxylation is 1. The van der Waals surface area contributed by atoms with Crippen LogP contribution < -0.4 is 10.2 Å². The Hall–Kier alpha value is -1.41. The second-order valence-electron chi connectivity index (χ2n) is 6.53. The molecule has 1 atom stereocenters. The number of piperazine rings is 1. The zero-order chi connectivity index (χ0) is 16.9. The Morgan fingerprint density at radius 2 is 2.08 bits per heavy atom. The number of rotatable bonds is 4. The number of aliphatic imine (C=N–C) groups is 1. The second-order valence-corrected chi connectivity index (χ2v) is 7.26. The van der Waals surface area contributed by atoms with Crippen LogP contribution in [-0.2, 0) is 6.42 Å². The van der Waals surface area contributed by atoms with Crippen molar-refractivity contribution in [2.75, 3.05) is 58.3 Å². The van der Waals surface area contributed by atoms with Gasteiger partial charge in [-0.1, -0.05) is 6.92 Å². The summed E-state index contributed by atoms with van der Waals surface area (Å²) in [7, 11) is 4.10. The van der Waals surface area contributed by atoms with Crippen molar-refractivity contribution in [2.45, 2.75) is 32.2 Å². The summed E-state index contributed by atoms with van der Waals surface area (Å²) in [5, 5.41) is 4.63. The smallest absolute Gasteiger partial charge is 0.205 e. The fourth-order valence-corrected chi connectivity index (χ4v) is 4.21. The SMILES string of the molecule is CCc1nsc(N2CCN(C(=NC)NCC3CCCN3C)CC2)n1. The zero-order valence-electron chi connectivity index (χ0n) is 15.0. The quantitative estimate of drug-likeness (QED) is 0.642. The molecule has 2 fully saturated rings.